The summed E-state index contributed by atoms with van der Waals surface area (Å²) in [6.45, 7) is 3.15. The van der Waals surface area contributed by atoms with Gasteiger partial charge in [0.15, 0.2) is 0 Å². The quantitative estimate of drug-likeness (QED) is 0.0298. The van der Waals surface area contributed by atoms with E-state index in [4.69, 9.17) is 14.9 Å². The SMILES string of the molecule is CC/C=C\C/C=C\C/C=C\C/C=C\C/C=C\CCCC(=O)OC(/C=C\C/C=C\C/C=C\C/C=C\CC)CCCCCC(=O)NCC(=O)NC(CO)C(=O)O. The summed E-state index contributed by atoms with van der Waals surface area (Å²) in [5.74, 6) is -2.59. The van der Waals surface area contributed by atoms with Crippen molar-refractivity contribution in [2.45, 2.75) is 135 Å². The van der Waals surface area contributed by atoms with Crippen LogP contribution in [0.15, 0.2) is 109 Å². The van der Waals surface area contributed by atoms with Crippen LogP contribution in [-0.4, -0.2) is 59.3 Å². The van der Waals surface area contributed by atoms with E-state index >= 15 is 0 Å². The first-order chi connectivity index (χ1) is 26.3. The Morgan fingerprint density at radius 3 is 1.54 bits per heavy atom. The molecule has 0 aliphatic heterocycles. The summed E-state index contributed by atoms with van der Waals surface area (Å²) in [7, 11) is 0. The van der Waals surface area contributed by atoms with Gasteiger partial charge in [-0.1, -0.05) is 124 Å². The van der Waals surface area contributed by atoms with Gasteiger partial charge < -0.3 is 25.6 Å². The summed E-state index contributed by atoms with van der Waals surface area (Å²) >= 11 is 0. The number of carbonyl (C=O) groups excluding carboxylic acids is 3. The minimum atomic E-state index is -1.41. The van der Waals surface area contributed by atoms with E-state index in [-0.39, 0.29) is 30.9 Å². The number of unbranched alkanes of at least 4 members (excludes halogenated alkanes) is 3. The van der Waals surface area contributed by atoms with Gasteiger partial charge in [-0.2, -0.15) is 0 Å². The Balaban J connectivity index is 4.61. The second kappa shape index (κ2) is 38.2. The Hall–Kier alpha value is -4.50. The third kappa shape index (κ3) is 34.6. The van der Waals surface area contributed by atoms with E-state index in [0.29, 0.717) is 25.7 Å². The molecule has 9 nitrogen and oxygen atoms in total. The van der Waals surface area contributed by atoms with Gasteiger partial charge in [0.25, 0.3) is 0 Å². The average molecular weight is 749 g/mol. The Labute approximate surface area is 325 Å². The van der Waals surface area contributed by atoms with Gasteiger partial charge in [-0.15, -0.1) is 0 Å². The first-order valence-corrected chi connectivity index (χ1v) is 19.8. The molecule has 0 rings (SSSR count). The largest absolute Gasteiger partial charge is 0.480 e. The van der Waals surface area contributed by atoms with Crippen molar-refractivity contribution in [1.29, 1.82) is 0 Å². The van der Waals surface area contributed by atoms with Crippen molar-refractivity contribution in [1.82, 2.24) is 10.6 Å². The predicted molar refractivity (Wildman–Crippen MR) is 222 cm³/mol. The molecule has 0 aliphatic rings. The van der Waals surface area contributed by atoms with Gasteiger partial charge in [-0.05, 0) is 96.0 Å². The maximum atomic E-state index is 12.7. The molecule has 0 bridgehead atoms. The Morgan fingerprint density at radius 2 is 1.06 bits per heavy atom. The van der Waals surface area contributed by atoms with E-state index in [1.807, 2.05) is 12.2 Å². The third-order valence-corrected chi connectivity index (χ3v) is 7.75. The summed E-state index contributed by atoms with van der Waals surface area (Å²) in [5.41, 5.74) is 0. The molecule has 300 valence electrons. The summed E-state index contributed by atoms with van der Waals surface area (Å²) in [4.78, 5) is 47.6. The molecule has 2 amide bonds. The first-order valence-electron chi connectivity index (χ1n) is 19.8. The van der Waals surface area contributed by atoms with Crippen LogP contribution < -0.4 is 10.6 Å². The first kappa shape index (κ1) is 49.5. The number of carboxylic acids is 1. The van der Waals surface area contributed by atoms with Crippen molar-refractivity contribution in [3.63, 3.8) is 0 Å². The lowest BCUT2D eigenvalue weighted by Gasteiger charge is -2.14. The summed E-state index contributed by atoms with van der Waals surface area (Å²) in [6, 6.07) is -1.41. The highest BCUT2D eigenvalue weighted by Crippen LogP contribution is 2.13. The molecule has 0 aromatic heterocycles. The molecule has 54 heavy (non-hydrogen) atoms. The number of aliphatic carboxylic acids is 1. The molecular formula is C45H68N2O7. The number of carbonyl (C=O) groups is 4. The van der Waals surface area contributed by atoms with Gasteiger partial charge in [0.2, 0.25) is 11.8 Å². The highest BCUT2D eigenvalue weighted by atomic mass is 16.5. The number of hydrogen-bond acceptors (Lipinski definition) is 6. The van der Waals surface area contributed by atoms with Crippen LogP contribution in [0, 0.1) is 0 Å². The maximum Gasteiger partial charge on any atom is 0.328 e. The second-order valence-electron chi connectivity index (χ2n) is 12.6. The minimum absolute atomic E-state index is 0.208. The number of amides is 2. The lowest BCUT2D eigenvalue weighted by molar-refractivity contribution is -0.147. The summed E-state index contributed by atoms with van der Waals surface area (Å²) in [5, 5.41) is 22.5. The highest BCUT2D eigenvalue weighted by molar-refractivity contribution is 5.87. The number of esters is 1. The fourth-order valence-electron chi connectivity index (χ4n) is 4.77. The number of nitrogens with one attached hydrogen (secondary N) is 2. The Kier molecular flexibility index (Phi) is 35.0. The number of hydrogen-bond donors (Lipinski definition) is 4. The highest BCUT2D eigenvalue weighted by Gasteiger charge is 2.18. The van der Waals surface area contributed by atoms with Crippen molar-refractivity contribution in [3.05, 3.63) is 109 Å². The van der Waals surface area contributed by atoms with Crippen molar-refractivity contribution in [2.75, 3.05) is 13.2 Å². The van der Waals surface area contributed by atoms with E-state index in [9.17, 15) is 19.2 Å². The van der Waals surface area contributed by atoms with E-state index in [1.54, 1.807) is 0 Å². The monoisotopic (exact) mass is 749 g/mol. The molecular weight excluding hydrogens is 681 g/mol. The molecule has 4 N–H and O–H groups in total. The standard InChI is InChI=1S/C45H68N2O7/c1-3-5-7-9-11-13-15-16-17-18-19-20-22-24-26-28-33-37-44(51)54-40(34-30-27-25-23-21-14-12-10-8-6-4-2)35-31-29-32-36-42(49)46-38-43(50)47-41(39-48)45(52)53/h5-8,11-14,16-17,19-20,23-26,30,34,40-41,48H,3-4,9-10,15,18,21-22,27-29,31-33,35-39H2,1-2H3,(H,46,49)(H,47,50)(H,52,53)/b7-5-,8-6-,13-11-,14-12-,17-16-,20-19-,25-23-,26-24-,34-30-. The molecule has 0 heterocycles. The number of ether oxygens (including phenoxy) is 1. The fraction of sp³-hybridized carbons (Fsp3) is 0.511. The van der Waals surface area contributed by atoms with Gasteiger partial charge in [-0.25, -0.2) is 4.79 Å². The lowest BCUT2D eigenvalue weighted by Crippen LogP contribution is -2.47. The van der Waals surface area contributed by atoms with E-state index < -0.39 is 24.5 Å². The van der Waals surface area contributed by atoms with Crippen LogP contribution in [0.5, 0.6) is 0 Å². The van der Waals surface area contributed by atoms with Gasteiger partial charge >= 0.3 is 11.9 Å². The zero-order valence-electron chi connectivity index (χ0n) is 32.9. The summed E-state index contributed by atoms with van der Waals surface area (Å²) in [6.07, 6.45) is 51.3. The number of rotatable bonds is 33. The van der Waals surface area contributed by atoms with Crippen LogP contribution in [0.2, 0.25) is 0 Å². The molecule has 2 unspecified atom stereocenters. The molecule has 2 atom stereocenters. The molecule has 0 saturated carbocycles. The Morgan fingerprint density at radius 1 is 0.574 bits per heavy atom. The number of aliphatic hydroxyl groups is 1. The van der Waals surface area contributed by atoms with Crippen LogP contribution in [0.1, 0.15) is 123 Å². The van der Waals surface area contributed by atoms with Crippen LogP contribution in [0.25, 0.3) is 0 Å². The molecule has 0 fully saturated rings. The second-order valence-corrected chi connectivity index (χ2v) is 12.6. The topological polar surface area (TPSA) is 142 Å². The summed E-state index contributed by atoms with van der Waals surface area (Å²) < 4.78 is 5.82. The lowest BCUT2D eigenvalue weighted by atomic mass is 10.1. The molecule has 0 spiro atoms. The number of aliphatic hydroxyl groups excluding tert-OH is 1. The minimum Gasteiger partial charge on any atom is -0.480 e. The van der Waals surface area contributed by atoms with Gasteiger partial charge in [0.1, 0.15) is 12.1 Å². The van der Waals surface area contributed by atoms with Crippen molar-refractivity contribution in [2.24, 2.45) is 0 Å². The molecule has 9 heteroatoms. The molecule has 0 radical (unpaired) electrons. The van der Waals surface area contributed by atoms with Crippen molar-refractivity contribution >= 4 is 23.8 Å². The van der Waals surface area contributed by atoms with Crippen LogP contribution in [0.3, 0.4) is 0 Å². The van der Waals surface area contributed by atoms with Crippen molar-refractivity contribution < 1.29 is 34.1 Å². The number of allylic oxidation sites excluding steroid dienone is 17. The van der Waals surface area contributed by atoms with E-state index in [2.05, 4.69) is 122 Å². The van der Waals surface area contributed by atoms with Crippen LogP contribution >= 0.6 is 0 Å². The molecule has 0 saturated heterocycles. The van der Waals surface area contributed by atoms with Crippen LogP contribution in [-0.2, 0) is 23.9 Å². The molecule has 0 aromatic carbocycles. The normalized spacial score (nSPS) is 13.7. The zero-order chi connectivity index (χ0) is 39.7. The number of carboxylic acid groups (broad SMARTS) is 1. The average Bonchev–Trinajstić information content (AvgIpc) is 3.15. The van der Waals surface area contributed by atoms with Gasteiger partial charge in [-0.3, -0.25) is 14.4 Å². The fourth-order valence-corrected chi connectivity index (χ4v) is 4.77. The zero-order valence-corrected chi connectivity index (χ0v) is 32.9. The van der Waals surface area contributed by atoms with E-state index in [0.717, 1.165) is 77.0 Å². The smallest absolute Gasteiger partial charge is 0.328 e. The third-order valence-electron chi connectivity index (χ3n) is 7.75. The Bertz CT molecular complexity index is 1270. The molecule has 0 aliphatic carbocycles. The van der Waals surface area contributed by atoms with Crippen molar-refractivity contribution in [3.8, 4) is 0 Å². The van der Waals surface area contributed by atoms with Gasteiger partial charge in [0, 0.05) is 12.8 Å². The maximum absolute atomic E-state index is 12.7. The molecule has 0 aromatic rings. The predicted octanol–water partition coefficient (Wildman–Crippen LogP) is 9.25. The van der Waals surface area contributed by atoms with Gasteiger partial charge in [0.05, 0.1) is 13.2 Å². The van der Waals surface area contributed by atoms with Crippen LogP contribution in [0.4, 0.5) is 0 Å². The van der Waals surface area contributed by atoms with E-state index in [1.165, 1.54) is 0 Å².